The van der Waals surface area contributed by atoms with Crippen LogP contribution in [0.4, 0.5) is 0 Å². The molecule has 110 valence electrons. The first-order valence-electron chi connectivity index (χ1n) is 7.03. The molecule has 0 saturated carbocycles. The summed E-state index contributed by atoms with van der Waals surface area (Å²) in [6, 6.07) is 10.1. The topological polar surface area (TPSA) is 36.3 Å². The van der Waals surface area contributed by atoms with Crippen LogP contribution in [-0.2, 0) is 0 Å². The molecule has 1 atom stereocenters. The molecule has 3 nitrogen and oxygen atoms in total. The Morgan fingerprint density at radius 2 is 2.25 bits per heavy atom. The maximum atomic E-state index is 8.83. The van der Waals surface area contributed by atoms with Gasteiger partial charge in [-0.15, -0.1) is 0 Å². The van der Waals surface area contributed by atoms with Gasteiger partial charge in [-0.25, -0.2) is 0 Å². The van der Waals surface area contributed by atoms with Crippen molar-refractivity contribution in [3.8, 4) is 11.8 Å². The Kier molecular flexibility index (Phi) is 8.17. The Bertz CT molecular complexity index is 431. The van der Waals surface area contributed by atoms with Gasteiger partial charge in [0.1, 0.15) is 5.75 Å². The third-order valence-corrected chi connectivity index (χ3v) is 4.06. The monoisotopic (exact) mass is 292 g/mol. The van der Waals surface area contributed by atoms with Crippen LogP contribution >= 0.6 is 11.8 Å². The number of nitrogens with zero attached hydrogens (tertiary/aromatic N) is 2. The molecule has 1 rings (SSSR count). The summed E-state index contributed by atoms with van der Waals surface area (Å²) in [5, 5.41) is 8.83. The molecule has 4 heteroatoms. The molecule has 0 bridgehead atoms. The standard InChI is InChI=1S/C16H24N2OS/c1-4-15(13-20-3)18(2)9-6-10-19-16-8-5-7-14(11-16)12-17/h5,7-8,11,15H,4,6,9-10,13H2,1-3H3. The Morgan fingerprint density at radius 3 is 2.90 bits per heavy atom. The van der Waals surface area contributed by atoms with Crippen molar-refractivity contribution in [2.24, 2.45) is 0 Å². The van der Waals surface area contributed by atoms with E-state index in [0.717, 1.165) is 18.7 Å². The van der Waals surface area contributed by atoms with E-state index in [-0.39, 0.29) is 0 Å². The van der Waals surface area contributed by atoms with Gasteiger partial charge < -0.3 is 9.64 Å². The van der Waals surface area contributed by atoms with Crippen molar-refractivity contribution in [1.29, 1.82) is 5.26 Å². The smallest absolute Gasteiger partial charge is 0.120 e. The zero-order valence-corrected chi connectivity index (χ0v) is 13.4. The van der Waals surface area contributed by atoms with E-state index in [0.29, 0.717) is 18.2 Å². The van der Waals surface area contributed by atoms with Crippen LogP contribution in [0.3, 0.4) is 0 Å². The number of rotatable bonds is 9. The molecule has 0 aliphatic rings. The van der Waals surface area contributed by atoms with E-state index in [2.05, 4.69) is 31.2 Å². The van der Waals surface area contributed by atoms with E-state index >= 15 is 0 Å². The molecule has 0 spiro atoms. The lowest BCUT2D eigenvalue weighted by Gasteiger charge is -2.26. The lowest BCUT2D eigenvalue weighted by atomic mass is 10.2. The molecule has 0 heterocycles. The maximum Gasteiger partial charge on any atom is 0.120 e. The van der Waals surface area contributed by atoms with E-state index < -0.39 is 0 Å². The van der Waals surface area contributed by atoms with Crippen molar-refractivity contribution >= 4 is 11.8 Å². The van der Waals surface area contributed by atoms with Gasteiger partial charge in [-0.2, -0.15) is 17.0 Å². The van der Waals surface area contributed by atoms with Crippen molar-refractivity contribution in [1.82, 2.24) is 4.90 Å². The summed E-state index contributed by atoms with van der Waals surface area (Å²) >= 11 is 1.90. The Balaban J connectivity index is 2.29. The first kappa shape index (κ1) is 16.9. The van der Waals surface area contributed by atoms with E-state index in [1.54, 1.807) is 12.1 Å². The molecule has 0 radical (unpaired) electrons. The Morgan fingerprint density at radius 1 is 1.45 bits per heavy atom. The van der Waals surface area contributed by atoms with Crippen LogP contribution in [0.25, 0.3) is 0 Å². The second-order valence-corrected chi connectivity index (χ2v) is 5.75. The van der Waals surface area contributed by atoms with Crippen molar-refractivity contribution in [3.63, 3.8) is 0 Å². The molecule has 0 aromatic heterocycles. The van der Waals surface area contributed by atoms with E-state index in [1.807, 2.05) is 23.9 Å². The van der Waals surface area contributed by atoms with Gasteiger partial charge in [0, 0.05) is 18.3 Å². The largest absolute Gasteiger partial charge is 0.494 e. The van der Waals surface area contributed by atoms with Crippen LogP contribution in [-0.4, -0.2) is 43.1 Å². The lowest BCUT2D eigenvalue weighted by molar-refractivity contribution is 0.223. The van der Waals surface area contributed by atoms with Gasteiger partial charge in [0.2, 0.25) is 0 Å². The van der Waals surface area contributed by atoms with Gasteiger partial charge in [-0.05, 0) is 44.3 Å². The lowest BCUT2D eigenvalue weighted by Crippen LogP contribution is -2.34. The van der Waals surface area contributed by atoms with Gasteiger partial charge in [0.05, 0.1) is 18.2 Å². The molecule has 1 aromatic rings. The zero-order valence-electron chi connectivity index (χ0n) is 12.6. The van der Waals surface area contributed by atoms with Crippen molar-refractivity contribution in [3.05, 3.63) is 29.8 Å². The van der Waals surface area contributed by atoms with Crippen molar-refractivity contribution < 1.29 is 4.74 Å². The molecular formula is C16H24N2OS. The van der Waals surface area contributed by atoms with Gasteiger partial charge in [-0.1, -0.05) is 13.0 Å². The number of ether oxygens (including phenoxy) is 1. The molecule has 1 aromatic carbocycles. The quantitative estimate of drug-likeness (QED) is 0.654. The summed E-state index contributed by atoms with van der Waals surface area (Å²) in [7, 11) is 2.18. The minimum absolute atomic E-state index is 0.644. The number of nitriles is 1. The van der Waals surface area contributed by atoms with Crippen LogP contribution in [0, 0.1) is 11.3 Å². The minimum Gasteiger partial charge on any atom is -0.494 e. The third-order valence-electron chi connectivity index (χ3n) is 3.34. The van der Waals surface area contributed by atoms with Gasteiger partial charge in [0.25, 0.3) is 0 Å². The second-order valence-electron chi connectivity index (χ2n) is 4.84. The van der Waals surface area contributed by atoms with Crippen LogP contribution in [0.5, 0.6) is 5.75 Å². The summed E-state index contributed by atoms with van der Waals surface area (Å²) in [4.78, 5) is 2.41. The number of hydrogen-bond donors (Lipinski definition) is 0. The zero-order chi connectivity index (χ0) is 14.8. The summed E-state index contributed by atoms with van der Waals surface area (Å²) in [6.07, 6.45) is 4.34. The number of thioether (sulfide) groups is 1. The van der Waals surface area contributed by atoms with Crippen molar-refractivity contribution in [2.75, 3.05) is 32.2 Å². The highest BCUT2D eigenvalue weighted by Gasteiger charge is 2.11. The molecule has 0 aliphatic carbocycles. The molecule has 0 N–H and O–H groups in total. The molecule has 1 unspecified atom stereocenters. The maximum absolute atomic E-state index is 8.83. The fourth-order valence-corrected chi connectivity index (χ4v) is 2.97. The molecule has 0 aliphatic heterocycles. The number of benzene rings is 1. The molecular weight excluding hydrogens is 268 g/mol. The molecule has 0 fully saturated rings. The predicted octanol–water partition coefficient (Wildman–Crippen LogP) is 3.40. The second kappa shape index (κ2) is 9.68. The van der Waals surface area contributed by atoms with Gasteiger partial charge in [-0.3, -0.25) is 0 Å². The SMILES string of the molecule is CCC(CSC)N(C)CCCOc1cccc(C#N)c1. The fraction of sp³-hybridized carbons (Fsp3) is 0.562. The molecule has 20 heavy (non-hydrogen) atoms. The number of hydrogen-bond acceptors (Lipinski definition) is 4. The van der Waals surface area contributed by atoms with Gasteiger partial charge in [0.15, 0.2) is 0 Å². The minimum atomic E-state index is 0.644. The van der Waals surface area contributed by atoms with Crippen LogP contribution in [0.15, 0.2) is 24.3 Å². The Labute approximate surface area is 126 Å². The average Bonchev–Trinajstić information content (AvgIpc) is 2.49. The van der Waals surface area contributed by atoms with E-state index in [1.165, 1.54) is 12.2 Å². The third kappa shape index (κ3) is 5.85. The van der Waals surface area contributed by atoms with E-state index in [9.17, 15) is 0 Å². The van der Waals surface area contributed by atoms with Crippen LogP contribution in [0.1, 0.15) is 25.3 Å². The first-order valence-corrected chi connectivity index (χ1v) is 8.42. The van der Waals surface area contributed by atoms with Crippen molar-refractivity contribution in [2.45, 2.75) is 25.8 Å². The Hall–Kier alpha value is -1.18. The molecule has 0 saturated heterocycles. The average molecular weight is 292 g/mol. The highest BCUT2D eigenvalue weighted by atomic mass is 32.2. The first-order chi connectivity index (χ1) is 9.71. The fourth-order valence-electron chi connectivity index (χ4n) is 2.09. The summed E-state index contributed by atoms with van der Waals surface area (Å²) < 4.78 is 5.69. The van der Waals surface area contributed by atoms with Gasteiger partial charge >= 0.3 is 0 Å². The van der Waals surface area contributed by atoms with E-state index in [4.69, 9.17) is 10.00 Å². The summed E-state index contributed by atoms with van der Waals surface area (Å²) in [5.74, 6) is 1.96. The normalized spacial score (nSPS) is 12.2. The summed E-state index contributed by atoms with van der Waals surface area (Å²) in [6.45, 7) is 3.97. The van der Waals surface area contributed by atoms with Crippen LogP contribution < -0.4 is 4.74 Å². The molecule has 0 amide bonds. The summed E-state index contributed by atoms with van der Waals surface area (Å²) in [5.41, 5.74) is 0.644. The predicted molar refractivity (Wildman–Crippen MR) is 86.4 cm³/mol. The highest BCUT2D eigenvalue weighted by molar-refractivity contribution is 7.98. The van der Waals surface area contributed by atoms with Crippen LogP contribution in [0.2, 0.25) is 0 Å². The highest BCUT2D eigenvalue weighted by Crippen LogP contribution is 2.13.